The second kappa shape index (κ2) is 6.22. The molecule has 0 bridgehead atoms. The van der Waals surface area contributed by atoms with Crippen LogP contribution in [0.25, 0.3) is 0 Å². The summed E-state index contributed by atoms with van der Waals surface area (Å²) in [6, 6.07) is 1.82. The molecule has 0 spiro atoms. The minimum Gasteiger partial charge on any atom is -0.346 e. The standard InChI is InChI=1S/C17H22N6O/c1-12-20-14-4-3-13(11-15(14)21-12)16(24)22-7-9-23(10-8-22)17-18-5-2-6-19-17/h2,5-6,13H,3-4,7-11H2,1H3,(H,20,21). The van der Waals surface area contributed by atoms with E-state index < -0.39 is 0 Å². The van der Waals surface area contributed by atoms with Gasteiger partial charge in [-0.3, -0.25) is 4.79 Å². The molecule has 0 saturated carbocycles. The van der Waals surface area contributed by atoms with Crippen LogP contribution < -0.4 is 4.90 Å². The first-order chi connectivity index (χ1) is 11.7. The molecule has 2 aromatic heterocycles. The first-order valence-corrected chi connectivity index (χ1v) is 8.56. The number of imidazole rings is 1. The molecule has 0 radical (unpaired) electrons. The van der Waals surface area contributed by atoms with Gasteiger partial charge in [-0.05, 0) is 25.8 Å². The molecule has 2 aromatic rings. The van der Waals surface area contributed by atoms with Gasteiger partial charge in [0.2, 0.25) is 11.9 Å². The van der Waals surface area contributed by atoms with Gasteiger partial charge in [0.05, 0.1) is 5.69 Å². The Morgan fingerprint density at radius 2 is 1.96 bits per heavy atom. The zero-order chi connectivity index (χ0) is 16.5. The van der Waals surface area contributed by atoms with Crippen LogP contribution in [-0.2, 0) is 17.6 Å². The first kappa shape index (κ1) is 15.1. The highest BCUT2D eigenvalue weighted by Gasteiger charge is 2.31. The van der Waals surface area contributed by atoms with Gasteiger partial charge < -0.3 is 14.8 Å². The highest BCUT2D eigenvalue weighted by molar-refractivity contribution is 5.79. The number of hydrogen-bond donors (Lipinski definition) is 1. The number of aromatic nitrogens is 4. The van der Waals surface area contributed by atoms with E-state index in [2.05, 4.69) is 24.8 Å². The Bertz CT molecular complexity index is 720. The normalized spacial score (nSPS) is 20.8. The molecule has 1 N–H and O–H groups in total. The lowest BCUT2D eigenvalue weighted by Gasteiger charge is -2.37. The number of rotatable bonds is 2. The van der Waals surface area contributed by atoms with Crippen LogP contribution in [0.15, 0.2) is 18.5 Å². The van der Waals surface area contributed by atoms with Crippen LogP contribution in [-0.4, -0.2) is 56.9 Å². The number of anilines is 1. The fraction of sp³-hybridized carbons (Fsp3) is 0.529. The monoisotopic (exact) mass is 326 g/mol. The summed E-state index contributed by atoms with van der Waals surface area (Å²) in [5, 5.41) is 0. The molecule has 7 nitrogen and oxygen atoms in total. The van der Waals surface area contributed by atoms with Gasteiger partial charge in [0.1, 0.15) is 5.82 Å². The highest BCUT2D eigenvalue weighted by Crippen LogP contribution is 2.26. The minimum absolute atomic E-state index is 0.0804. The van der Waals surface area contributed by atoms with E-state index in [1.54, 1.807) is 12.4 Å². The average molecular weight is 326 g/mol. The van der Waals surface area contributed by atoms with Crippen molar-refractivity contribution in [2.45, 2.75) is 26.2 Å². The van der Waals surface area contributed by atoms with E-state index in [1.807, 2.05) is 17.9 Å². The molecular weight excluding hydrogens is 304 g/mol. The average Bonchev–Trinajstić information content (AvgIpc) is 3.01. The van der Waals surface area contributed by atoms with E-state index in [-0.39, 0.29) is 11.8 Å². The molecule has 1 aliphatic carbocycles. The maximum Gasteiger partial charge on any atom is 0.226 e. The predicted octanol–water partition coefficient (Wildman–Crippen LogP) is 0.962. The van der Waals surface area contributed by atoms with E-state index >= 15 is 0 Å². The molecule has 126 valence electrons. The van der Waals surface area contributed by atoms with E-state index in [4.69, 9.17) is 0 Å². The van der Waals surface area contributed by atoms with E-state index in [0.29, 0.717) is 0 Å². The Balaban J connectivity index is 1.37. The molecule has 7 heteroatoms. The SMILES string of the molecule is Cc1nc2c([nH]1)CC(C(=O)N1CCN(c3ncccn3)CC1)CC2. The summed E-state index contributed by atoms with van der Waals surface area (Å²) in [5.41, 5.74) is 2.29. The molecule has 1 fully saturated rings. The topological polar surface area (TPSA) is 78.0 Å². The van der Waals surface area contributed by atoms with E-state index in [9.17, 15) is 4.79 Å². The molecule has 2 aliphatic rings. The van der Waals surface area contributed by atoms with Gasteiger partial charge in [0.25, 0.3) is 0 Å². The van der Waals surface area contributed by atoms with Crippen molar-refractivity contribution < 1.29 is 4.79 Å². The number of H-pyrrole nitrogens is 1. The molecule has 0 aromatic carbocycles. The zero-order valence-corrected chi connectivity index (χ0v) is 13.9. The van der Waals surface area contributed by atoms with Crippen molar-refractivity contribution in [3.8, 4) is 0 Å². The van der Waals surface area contributed by atoms with E-state index in [1.165, 1.54) is 0 Å². The third kappa shape index (κ3) is 2.86. The van der Waals surface area contributed by atoms with E-state index in [0.717, 1.165) is 68.6 Å². The second-order valence-corrected chi connectivity index (χ2v) is 6.55. The van der Waals surface area contributed by atoms with Crippen LogP contribution >= 0.6 is 0 Å². The predicted molar refractivity (Wildman–Crippen MR) is 89.7 cm³/mol. The lowest BCUT2D eigenvalue weighted by Crippen LogP contribution is -2.51. The van der Waals surface area contributed by atoms with Gasteiger partial charge in [0, 0.05) is 56.6 Å². The van der Waals surface area contributed by atoms with Crippen molar-refractivity contribution in [2.75, 3.05) is 31.1 Å². The number of amides is 1. The number of hydrogen-bond acceptors (Lipinski definition) is 5. The maximum absolute atomic E-state index is 12.9. The van der Waals surface area contributed by atoms with Crippen molar-refractivity contribution >= 4 is 11.9 Å². The van der Waals surface area contributed by atoms with Crippen LogP contribution in [0, 0.1) is 12.8 Å². The summed E-state index contributed by atoms with van der Waals surface area (Å²) < 4.78 is 0. The largest absolute Gasteiger partial charge is 0.346 e. The number of nitrogens with zero attached hydrogens (tertiary/aromatic N) is 5. The maximum atomic E-state index is 12.9. The Hall–Kier alpha value is -2.44. The van der Waals surface area contributed by atoms with Gasteiger partial charge in [-0.2, -0.15) is 0 Å². The number of fused-ring (bicyclic) bond motifs is 1. The third-order valence-electron chi connectivity index (χ3n) is 4.94. The summed E-state index contributed by atoms with van der Waals surface area (Å²) >= 11 is 0. The molecule has 4 rings (SSSR count). The number of aromatic amines is 1. The van der Waals surface area contributed by atoms with Crippen LogP contribution in [0.5, 0.6) is 0 Å². The summed E-state index contributed by atoms with van der Waals surface area (Å²) in [6.45, 7) is 5.03. The summed E-state index contributed by atoms with van der Waals surface area (Å²) in [6.07, 6.45) is 6.10. The third-order valence-corrected chi connectivity index (χ3v) is 4.94. The number of nitrogens with one attached hydrogen (secondary N) is 1. The van der Waals surface area contributed by atoms with Crippen molar-refractivity contribution in [2.24, 2.45) is 5.92 Å². The van der Waals surface area contributed by atoms with Crippen molar-refractivity contribution in [1.29, 1.82) is 0 Å². The lowest BCUT2D eigenvalue weighted by atomic mass is 9.88. The molecule has 1 amide bonds. The fourth-order valence-electron chi connectivity index (χ4n) is 3.67. The Morgan fingerprint density at radius 3 is 2.71 bits per heavy atom. The number of piperazine rings is 1. The molecular formula is C17H22N6O. The molecule has 3 heterocycles. The summed E-state index contributed by atoms with van der Waals surface area (Å²) in [7, 11) is 0. The quantitative estimate of drug-likeness (QED) is 0.889. The van der Waals surface area contributed by atoms with Crippen LogP contribution in [0.1, 0.15) is 23.6 Å². The van der Waals surface area contributed by atoms with Crippen LogP contribution in [0.4, 0.5) is 5.95 Å². The fourth-order valence-corrected chi connectivity index (χ4v) is 3.67. The number of carbonyl (C=O) groups excluding carboxylic acids is 1. The van der Waals surface area contributed by atoms with Gasteiger partial charge in [-0.25, -0.2) is 15.0 Å². The van der Waals surface area contributed by atoms with Gasteiger partial charge in [-0.1, -0.05) is 0 Å². The van der Waals surface area contributed by atoms with Gasteiger partial charge >= 0.3 is 0 Å². The second-order valence-electron chi connectivity index (χ2n) is 6.55. The molecule has 1 atom stereocenters. The van der Waals surface area contributed by atoms with Gasteiger partial charge in [-0.15, -0.1) is 0 Å². The molecule has 24 heavy (non-hydrogen) atoms. The Morgan fingerprint density at radius 1 is 1.21 bits per heavy atom. The molecule has 1 aliphatic heterocycles. The van der Waals surface area contributed by atoms with Crippen molar-refractivity contribution in [3.05, 3.63) is 35.7 Å². The Labute approximate surface area is 141 Å². The minimum atomic E-state index is 0.0804. The molecule has 1 saturated heterocycles. The number of aryl methyl sites for hydroxylation is 2. The summed E-state index contributed by atoms with van der Waals surface area (Å²) in [5.74, 6) is 2.06. The van der Waals surface area contributed by atoms with Crippen LogP contribution in [0.3, 0.4) is 0 Å². The first-order valence-electron chi connectivity index (χ1n) is 8.56. The summed E-state index contributed by atoms with van der Waals surface area (Å²) in [4.78, 5) is 33.4. The molecule has 1 unspecified atom stereocenters. The lowest BCUT2D eigenvalue weighted by molar-refractivity contribution is -0.136. The van der Waals surface area contributed by atoms with Crippen molar-refractivity contribution in [3.63, 3.8) is 0 Å². The highest BCUT2D eigenvalue weighted by atomic mass is 16.2. The van der Waals surface area contributed by atoms with Crippen LogP contribution in [0.2, 0.25) is 0 Å². The Kier molecular flexibility index (Phi) is 3.92. The van der Waals surface area contributed by atoms with Gasteiger partial charge in [0.15, 0.2) is 0 Å². The number of carbonyl (C=O) groups is 1. The smallest absolute Gasteiger partial charge is 0.226 e. The zero-order valence-electron chi connectivity index (χ0n) is 13.9. The van der Waals surface area contributed by atoms with Crippen molar-refractivity contribution in [1.82, 2.24) is 24.8 Å².